The number of hydrogen-bond donors (Lipinski definition) is 2. The molecule has 1 aliphatic heterocycles. The molecule has 5 nitrogen and oxygen atoms in total. The van der Waals surface area contributed by atoms with E-state index < -0.39 is 0 Å². The molecular weight excluding hydrogens is 340 g/mol. The lowest BCUT2D eigenvalue weighted by Crippen LogP contribution is -2.29. The quantitative estimate of drug-likeness (QED) is 0.705. The molecule has 1 aromatic heterocycles. The maximum atomic E-state index is 13.0. The van der Waals surface area contributed by atoms with Crippen molar-refractivity contribution in [2.24, 2.45) is 0 Å². The molecule has 1 amide bonds. The number of fused-ring (bicyclic) bond motifs is 1. The molecule has 5 heteroatoms. The fourth-order valence-corrected chi connectivity index (χ4v) is 3.86. The standard InChI is InChI=1S/C22H24N2O3/c1-15-20(22(26)23-16-8-4-2-5-9-16)21-17(14-24-12-6-3-7-13-24)18(25)10-11-19(21)27-15/h2,4-5,8-11,25H,3,6-7,12-14H2,1H3,(H,23,26). The lowest BCUT2D eigenvalue weighted by Gasteiger charge is -2.27. The molecule has 1 aliphatic rings. The molecule has 2 N–H and O–H groups in total. The number of rotatable bonds is 4. The number of hydrogen-bond acceptors (Lipinski definition) is 4. The predicted molar refractivity (Wildman–Crippen MR) is 106 cm³/mol. The van der Waals surface area contributed by atoms with Crippen molar-refractivity contribution in [3.8, 4) is 5.75 Å². The van der Waals surface area contributed by atoms with Crippen LogP contribution in [-0.2, 0) is 6.54 Å². The number of furan rings is 1. The van der Waals surface area contributed by atoms with Crippen LogP contribution in [0.3, 0.4) is 0 Å². The minimum atomic E-state index is -0.219. The first-order valence-corrected chi connectivity index (χ1v) is 9.46. The summed E-state index contributed by atoms with van der Waals surface area (Å²) in [7, 11) is 0. The van der Waals surface area contributed by atoms with Gasteiger partial charge in [-0.2, -0.15) is 0 Å². The maximum Gasteiger partial charge on any atom is 0.259 e. The molecule has 27 heavy (non-hydrogen) atoms. The number of likely N-dealkylation sites (tertiary alicyclic amines) is 1. The molecule has 140 valence electrons. The number of carbonyl (C=O) groups excluding carboxylic acids is 1. The molecule has 0 unspecified atom stereocenters. The van der Waals surface area contributed by atoms with Gasteiger partial charge in [-0.15, -0.1) is 0 Å². The van der Waals surface area contributed by atoms with Crippen molar-refractivity contribution < 1.29 is 14.3 Å². The van der Waals surface area contributed by atoms with E-state index in [9.17, 15) is 9.90 Å². The molecule has 2 heterocycles. The van der Waals surface area contributed by atoms with E-state index in [-0.39, 0.29) is 11.7 Å². The van der Waals surface area contributed by atoms with Crippen LogP contribution in [0.4, 0.5) is 5.69 Å². The Balaban J connectivity index is 1.74. The summed E-state index contributed by atoms with van der Waals surface area (Å²) in [5.74, 6) is 0.550. The van der Waals surface area contributed by atoms with Crippen LogP contribution >= 0.6 is 0 Å². The second kappa shape index (κ2) is 7.45. The van der Waals surface area contributed by atoms with E-state index in [0.717, 1.165) is 24.3 Å². The molecule has 0 radical (unpaired) electrons. The Kier molecular flexibility index (Phi) is 4.86. The van der Waals surface area contributed by atoms with Gasteiger partial charge in [0.1, 0.15) is 17.1 Å². The third-order valence-corrected chi connectivity index (χ3v) is 5.20. The number of aromatic hydroxyl groups is 1. The Morgan fingerprint density at radius 3 is 2.59 bits per heavy atom. The second-order valence-corrected chi connectivity index (χ2v) is 7.13. The first-order chi connectivity index (χ1) is 13.1. The van der Waals surface area contributed by atoms with Crippen molar-refractivity contribution in [1.82, 2.24) is 4.90 Å². The van der Waals surface area contributed by atoms with E-state index in [1.165, 1.54) is 19.3 Å². The number of amides is 1. The van der Waals surface area contributed by atoms with Gasteiger partial charge in [0, 0.05) is 23.2 Å². The highest BCUT2D eigenvalue weighted by atomic mass is 16.3. The Hall–Kier alpha value is -2.79. The van der Waals surface area contributed by atoms with Gasteiger partial charge in [-0.3, -0.25) is 9.69 Å². The van der Waals surface area contributed by atoms with Crippen LogP contribution in [0.25, 0.3) is 11.0 Å². The molecule has 0 aliphatic carbocycles. The maximum absolute atomic E-state index is 13.0. The smallest absolute Gasteiger partial charge is 0.259 e. The zero-order valence-corrected chi connectivity index (χ0v) is 15.5. The van der Waals surface area contributed by atoms with Crippen LogP contribution in [0.2, 0.25) is 0 Å². The van der Waals surface area contributed by atoms with Gasteiger partial charge < -0.3 is 14.8 Å². The highest BCUT2D eigenvalue weighted by molar-refractivity contribution is 6.14. The Bertz CT molecular complexity index is 957. The Morgan fingerprint density at radius 2 is 1.85 bits per heavy atom. The number of phenols is 1. The van der Waals surface area contributed by atoms with E-state index in [0.29, 0.717) is 28.8 Å². The van der Waals surface area contributed by atoms with Crippen molar-refractivity contribution in [3.05, 3.63) is 59.4 Å². The third-order valence-electron chi connectivity index (χ3n) is 5.20. The van der Waals surface area contributed by atoms with Crippen LogP contribution in [0.5, 0.6) is 5.75 Å². The lowest BCUT2D eigenvalue weighted by atomic mass is 10.0. The number of nitrogens with zero attached hydrogens (tertiary/aromatic N) is 1. The van der Waals surface area contributed by atoms with Gasteiger partial charge >= 0.3 is 0 Å². The number of para-hydroxylation sites is 1. The highest BCUT2D eigenvalue weighted by Gasteiger charge is 2.24. The van der Waals surface area contributed by atoms with Crippen LogP contribution in [-0.4, -0.2) is 29.0 Å². The fraction of sp³-hybridized carbons (Fsp3) is 0.318. The molecule has 3 aromatic rings. The van der Waals surface area contributed by atoms with E-state index in [1.807, 2.05) is 30.3 Å². The minimum absolute atomic E-state index is 0.211. The van der Waals surface area contributed by atoms with E-state index in [2.05, 4.69) is 10.2 Å². The van der Waals surface area contributed by atoms with Crippen LogP contribution in [0.1, 0.15) is 40.9 Å². The average Bonchev–Trinajstić information content (AvgIpc) is 3.02. The predicted octanol–water partition coefficient (Wildman–Crippen LogP) is 4.69. The SMILES string of the molecule is Cc1oc2ccc(O)c(CN3CCCCC3)c2c1C(=O)Nc1ccccc1. The molecule has 1 fully saturated rings. The summed E-state index contributed by atoms with van der Waals surface area (Å²) in [6.07, 6.45) is 3.59. The summed E-state index contributed by atoms with van der Waals surface area (Å²) in [6.45, 7) is 4.44. The van der Waals surface area contributed by atoms with Gasteiger partial charge in [0.2, 0.25) is 0 Å². The molecule has 0 spiro atoms. The third kappa shape index (κ3) is 3.55. The van der Waals surface area contributed by atoms with Crippen molar-refractivity contribution in [2.45, 2.75) is 32.7 Å². The zero-order valence-electron chi connectivity index (χ0n) is 15.5. The molecule has 0 atom stereocenters. The number of aryl methyl sites for hydroxylation is 1. The van der Waals surface area contributed by atoms with Gasteiger partial charge in [0.05, 0.1) is 5.56 Å². The first-order valence-electron chi connectivity index (χ1n) is 9.46. The van der Waals surface area contributed by atoms with Crippen LogP contribution < -0.4 is 5.32 Å². The largest absolute Gasteiger partial charge is 0.508 e. The molecule has 0 saturated carbocycles. The van der Waals surface area contributed by atoms with E-state index in [1.54, 1.807) is 19.1 Å². The normalized spacial score (nSPS) is 15.1. The fourth-order valence-electron chi connectivity index (χ4n) is 3.86. The van der Waals surface area contributed by atoms with Crippen molar-refractivity contribution in [2.75, 3.05) is 18.4 Å². The second-order valence-electron chi connectivity index (χ2n) is 7.13. The van der Waals surface area contributed by atoms with Crippen molar-refractivity contribution in [1.29, 1.82) is 0 Å². The van der Waals surface area contributed by atoms with Crippen LogP contribution in [0.15, 0.2) is 46.9 Å². The Morgan fingerprint density at radius 1 is 1.11 bits per heavy atom. The topological polar surface area (TPSA) is 65.7 Å². The molecule has 2 aromatic carbocycles. The molecule has 1 saturated heterocycles. The van der Waals surface area contributed by atoms with E-state index in [4.69, 9.17) is 4.42 Å². The van der Waals surface area contributed by atoms with Gasteiger partial charge in [-0.25, -0.2) is 0 Å². The summed E-state index contributed by atoms with van der Waals surface area (Å²) in [5.41, 5.74) is 2.63. The number of piperidine rings is 1. The first kappa shape index (κ1) is 17.6. The van der Waals surface area contributed by atoms with Gasteiger partial charge in [0.25, 0.3) is 5.91 Å². The Labute approximate surface area is 158 Å². The number of carbonyl (C=O) groups is 1. The molecular formula is C22H24N2O3. The van der Waals surface area contributed by atoms with Gasteiger partial charge in [0.15, 0.2) is 0 Å². The lowest BCUT2D eigenvalue weighted by molar-refractivity contribution is 0.102. The summed E-state index contributed by atoms with van der Waals surface area (Å²) in [4.78, 5) is 15.3. The monoisotopic (exact) mass is 364 g/mol. The highest BCUT2D eigenvalue weighted by Crippen LogP contribution is 2.35. The van der Waals surface area contributed by atoms with Crippen molar-refractivity contribution in [3.63, 3.8) is 0 Å². The number of phenolic OH excluding ortho intramolecular Hbond substituents is 1. The van der Waals surface area contributed by atoms with Gasteiger partial charge in [-0.05, 0) is 57.1 Å². The minimum Gasteiger partial charge on any atom is -0.508 e. The summed E-state index contributed by atoms with van der Waals surface area (Å²) in [5, 5.41) is 14.2. The molecule has 4 rings (SSSR count). The summed E-state index contributed by atoms with van der Waals surface area (Å²) >= 11 is 0. The molecule has 0 bridgehead atoms. The van der Waals surface area contributed by atoms with Gasteiger partial charge in [-0.1, -0.05) is 24.6 Å². The number of benzene rings is 2. The zero-order chi connectivity index (χ0) is 18.8. The average molecular weight is 364 g/mol. The van der Waals surface area contributed by atoms with Crippen molar-refractivity contribution >= 4 is 22.6 Å². The summed E-state index contributed by atoms with van der Waals surface area (Å²) < 4.78 is 5.85. The van der Waals surface area contributed by atoms with Crippen LogP contribution in [0, 0.1) is 6.92 Å². The van der Waals surface area contributed by atoms with E-state index >= 15 is 0 Å². The summed E-state index contributed by atoms with van der Waals surface area (Å²) in [6, 6.07) is 12.7. The number of nitrogens with one attached hydrogen (secondary N) is 1. The number of anilines is 1.